The lowest BCUT2D eigenvalue weighted by Crippen LogP contribution is -2.29. The maximum absolute atomic E-state index is 11.2. The van der Waals surface area contributed by atoms with Crippen LogP contribution in [0.25, 0.3) is 0 Å². The number of nitrogens with zero attached hydrogens (tertiary/aromatic N) is 1. The molecule has 0 aliphatic rings. The summed E-state index contributed by atoms with van der Waals surface area (Å²) in [5.74, 6) is 0.0638. The van der Waals surface area contributed by atoms with Crippen molar-refractivity contribution in [3.8, 4) is 0 Å². The number of benzene rings is 1. The van der Waals surface area contributed by atoms with Crippen LogP contribution in [0.5, 0.6) is 0 Å². The first kappa shape index (κ1) is 12.4. The van der Waals surface area contributed by atoms with Crippen molar-refractivity contribution in [3.63, 3.8) is 0 Å². The van der Waals surface area contributed by atoms with Crippen molar-refractivity contribution in [1.82, 2.24) is 5.32 Å². The van der Waals surface area contributed by atoms with Crippen LogP contribution in [0.15, 0.2) is 24.3 Å². The fourth-order valence-electron chi connectivity index (χ4n) is 1.52. The smallest absolute Gasteiger partial charge is 0.221 e. The van der Waals surface area contributed by atoms with Gasteiger partial charge in [-0.15, -0.1) is 0 Å². The topological polar surface area (TPSA) is 58.4 Å². The zero-order valence-corrected chi connectivity index (χ0v) is 9.86. The summed E-state index contributed by atoms with van der Waals surface area (Å²) in [4.78, 5) is 13.3. The Morgan fingerprint density at radius 2 is 2.00 bits per heavy atom. The number of carbonyl (C=O) groups is 1. The molecule has 0 atom stereocenters. The van der Waals surface area contributed by atoms with E-state index in [-0.39, 0.29) is 5.91 Å². The fourth-order valence-corrected chi connectivity index (χ4v) is 1.52. The maximum atomic E-state index is 11.2. The Bertz CT molecular complexity index is 335. The highest BCUT2D eigenvalue weighted by atomic mass is 16.1. The second-order valence-electron chi connectivity index (χ2n) is 3.59. The van der Waals surface area contributed by atoms with Gasteiger partial charge in [0.15, 0.2) is 0 Å². The molecule has 0 aliphatic carbocycles. The molecule has 0 spiro atoms. The highest BCUT2D eigenvalue weighted by Gasteiger charge is 2.06. The number of anilines is 2. The lowest BCUT2D eigenvalue weighted by Gasteiger charge is -2.22. The van der Waals surface area contributed by atoms with E-state index in [2.05, 4.69) is 17.1 Å². The van der Waals surface area contributed by atoms with Gasteiger partial charge in [0.25, 0.3) is 0 Å². The lowest BCUT2D eigenvalue weighted by molar-refractivity contribution is -0.120. The van der Waals surface area contributed by atoms with E-state index in [9.17, 15) is 4.79 Å². The normalized spacial score (nSPS) is 9.88. The van der Waals surface area contributed by atoms with Crippen LogP contribution in [0.3, 0.4) is 0 Å². The van der Waals surface area contributed by atoms with E-state index in [1.54, 1.807) is 7.05 Å². The molecule has 0 aromatic heterocycles. The third-order valence-corrected chi connectivity index (χ3v) is 2.53. The predicted octanol–water partition coefficient (Wildman–Crippen LogP) is 1.23. The Morgan fingerprint density at radius 1 is 1.38 bits per heavy atom. The van der Waals surface area contributed by atoms with E-state index in [0.717, 1.165) is 24.5 Å². The minimum absolute atomic E-state index is 0.0638. The first-order valence-corrected chi connectivity index (χ1v) is 5.48. The van der Waals surface area contributed by atoms with Gasteiger partial charge < -0.3 is 16.0 Å². The molecule has 0 radical (unpaired) electrons. The van der Waals surface area contributed by atoms with Gasteiger partial charge in [0.1, 0.15) is 0 Å². The molecule has 0 heterocycles. The number of hydrogen-bond acceptors (Lipinski definition) is 3. The molecule has 1 aromatic carbocycles. The van der Waals surface area contributed by atoms with Crippen molar-refractivity contribution in [1.29, 1.82) is 0 Å². The molecule has 1 rings (SSSR count). The zero-order chi connectivity index (χ0) is 12.0. The Morgan fingerprint density at radius 3 is 2.50 bits per heavy atom. The monoisotopic (exact) mass is 221 g/mol. The third-order valence-electron chi connectivity index (χ3n) is 2.53. The van der Waals surface area contributed by atoms with Crippen LogP contribution in [0.1, 0.15) is 13.3 Å². The molecule has 88 valence electrons. The molecular formula is C12H19N3O. The highest BCUT2D eigenvalue weighted by molar-refractivity contribution is 5.76. The van der Waals surface area contributed by atoms with Crippen LogP contribution in [0.4, 0.5) is 11.4 Å². The number of rotatable bonds is 5. The van der Waals surface area contributed by atoms with Crippen molar-refractivity contribution in [2.24, 2.45) is 0 Å². The standard InChI is InChI=1S/C12H19N3O/c1-3-15(9-8-12(16)14-2)11-6-4-10(13)5-7-11/h4-7H,3,8-9,13H2,1-2H3,(H,14,16). The molecule has 16 heavy (non-hydrogen) atoms. The summed E-state index contributed by atoms with van der Waals surface area (Å²) in [6, 6.07) is 7.70. The second kappa shape index (κ2) is 6.00. The summed E-state index contributed by atoms with van der Waals surface area (Å²) in [5, 5.41) is 2.62. The van der Waals surface area contributed by atoms with E-state index >= 15 is 0 Å². The second-order valence-corrected chi connectivity index (χ2v) is 3.59. The largest absolute Gasteiger partial charge is 0.399 e. The first-order valence-electron chi connectivity index (χ1n) is 5.48. The van der Waals surface area contributed by atoms with Crippen LogP contribution < -0.4 is 16.0 Å². The summed E-state index contributed by atoms with van der Waals surface area (Å²) < 4.78 is 0. The SMILES string of the molecule is CCN(CCC(=O)NC)c1ccc(N)cc1. The van der Waals surface area contributed by atoms with Gasteiger partial charge in [-0.1, -0.05) is 0 Å². The molecule has 0 fully saturated rings. The lowest BCUT2D eigenvalue weighted by atomic mass is 10.2. The number of nitrogens with one attached hydrogen (secondary N) is 1. The van der Waals surface area contributed by atoms with Crippen LogP contribution in [0.2, 0.25) is 0 Å². The van der Waals surface area contributed by atoms with Crippen molar-refractivity contribution in [2.75, 3.05) is 30.8 Å². The molecule has 1 amide bonds. The van der Waals surface area contributed by atoms with Crippen molar-refractivity contribution in [3.05, 3.63) is 24.3 Å². The predicted molar refractivity (Wildman–Crippen MR) is 67.4 cm³/mol. The number of amides is 1. The molecule has 0 aliphatic heterocycles. The molecule has 1 aromatic rings. The van der Waals surface area contributed by atoms with E-state index in [1.165, 1.54) is 0 Å². The fraction of sp³-hybridized carbons (Fsp3) is 0.417. The van der Waals surface area contributed by atoms with Crippen LogP contribution in [-0.2, 0) is 4.79 Å². The van der Waals surface area contributed by atoms with Crippen LogP contribution in [0, 0.1) is 0 Å². The van der Waals surface area contributed by atoms with Crippen LogP contribution >= 0.6 is 0 Å². The van der Waals surface area contributed by atoms with Crippen molar-refractivity contribution < 1.29 is 4.79 Å². The van der Waals surface area contributed by atoms with Gasteiger partial charge in [-0.05, 0) is 31.2 Å². The Labute approximate surface area is 96.4 Å². The molecule has 4 heteroatoms. The summed E-state index contributed by atoms with van der Waals surface area (Å²) >= 11 is 0. The maximum Gasteiger partial charge on any atom is 0.221 e. The molecule has 0 saturated carbocycles. The Kier molecular flexibility index (Phi) is 4.64. The Balaban J connectivity index is 2.60. The van der Waals surface area contributed by atoms with E-state index in [0.29, 0.717) is 6.42 Å². The summed E-state index contributed by atoms with van der Waals surface area (Å²) in [6.07, 6.45) is 0.509. The molecule has 3 N–H and O–H groups in total. The number of nitrogen functional groups attached to an aromatic ring is 1. The summed E-state index contributed by atoms with van der Waals surface area (Å²) in [7, 11) is 1.65. The first-order chi connectivity index (χ1) is 7.67. The van der Waals surface area contributed by atoms with E-state index < -0.39 is 0 Å². The average Bonchev–Trinajstić information content (AvgIpc) is 2.31. The van der Waals surface area contributed by atoms with Crippen molar-refractivity contribution in [2.45, 2.75) is 13.3 Å². The minimum atomic E-state index is 0.0638. The molecule has 4 nitrogen and oxygen atoms in total. The van der Waals surface area contributed by atoms with Gasteiger partial charge in [0.05, 0.1) is 0 Å². The average molecular weight is 221 g/mol. The van der Waals surface area contributed by atoms with Gasteiger partial charge in [0.2, 0.25) is 5.91 Å². The molecular weight excluding hydrogens is 202 g/mol. The van der Waals surface area contributed by atoms with Gasteiger partial charge in [0, 0.05) is 37.9 Å². The number of carbonyl (C=O) groups excluding carboxylic acids is 1. The van der Waals surface area contributed by atoms with E-state index in [1.807, 2.05) is 24.3 Å². The van der Waals surface area contributed by atoms with Gasteiger partial charge >= 0.3 is 0 Å². The molecule has 0 saturated heterocycles. The Hall–Kier alpha value is -1.71. The summed E-state index contributed by atoms with van der Waals surface area (Å²) in [6.45, 7) is 3.67. The third kappa shape index (κ3) is 3.46. The zero-order valence-electron chi connectivity index (χ0n) is 9.86. The van der Waals surface area contributed by atoms with Crippen molar-refractivity contribution >= 4 is 17.3 Å². The van der Waals surface area contributed by atoms with Gasteiger partial charge in [-0.3, -0.25) is 4.79 Å². The summed E-state index contributed by atoms with van der Waals surface area (Å²) in [5.41, 5.74) is 7.48. The van der Waals surface area contributed by atoms with Gasteiger partial charge in [-0.2, -0.15) is 0 Å². The van der Waals surface area contributed by atoms with Crippen LogP contribution in [-0.4, -0.2) is 26.0 Å². The minimum Gasteiger partial charge on any atom is -0.399 e. The van der Waals surface area contributed by atoms with E-state index in [4.69, 9.17) is 5.73 Å². The molecule has 0 unspecified atom stereocenters. The highest BCUT2D eigenvalue weighted by Crippen LogP contribution is 2.16. The number of nitrogens with two attached hydrogens (primary N) is 1. The van der Waals surface area contributed by atoms with Gasteiger partial charge in [-0.25, -0.2) is 0 Å². The molecule has 0 bridgehead atoms. The number of hydrogen-bond donors (Lipinski definition) is 2. The quantitative estimate of drug-likeness (QED) is 0.735.